The number of ketones is 2. The van der Waals surface area contributed by atoms with Gasteiger partial charge in [-0.25, -0.2) is 0 Å². The molecule has 0 aliphatic carbocycles. The van der Waals surface area contributed by atoms with Crippen molar-refractivity contribution in [3.8, 4) is 0 Å². The van der Waals surface area contributed by atoms with E-state index >= 15 is 0 Å². The van der Waals surface area contributed by atoms with Gasteiger partial charge in [-0.15, -0.1) is 0 Å². The van der Waals surface area contributed by atoms with Crippen LogP contribution in [0.2, 0.25) is 0 Å². The van der Waals surface area contributed by atoms with Gasteiger partial charge in [-0.1, -0.05) is 26.7 Å². The van der Waals surface area contributed by atoms with E-state index in [2.05, 4.69) is 13.8 Å². The Morgan fingerprint density at radius 1 is 0.882 bits per heavy atom. The molecule has 2 nitrogen and oxygen atoms in total. The molecule has 0 radical (unpaired) electrons. The van der Waals surface area contributed by atoms with Gasteiger partial charge in [0.05, 0.1) is 0 Å². The lowest BCUT2D eigenvalue weighted by molar-refractivity contribution is -0.120. The molecule has 0 fully saturated rings. The van der Waals surface area contributed by atoms with E-state index in [0.29, 0.717) is 0 Å². The fourth-order valence-corrected chi connectivity index (χ4v) is 3.37. The summed E-state index contributed by atoms with van der Waals surface area (Å²) < 4.78 is 0. The van der Waals surface area contributed by atoms with Gasteiger partial charge in [-0.3, -0.25) is 9.59 Å². The summed E-state index contributed by atoms with van der Waals surface area (Å²) in [6.07, 6.45) is 4.05. The van der Waals surface area contributed by atoms with Crippen molar-refractivity contribution < 1.29 is 9.59 Å². The van der Waals surface area contributed by atoms with Crippen LogP contribution in [0, 0.1) is 11.8 Å². The van der Waals surface area contributed by atoms with E-state index in [9.17, 15) is 9.59 Å². The third kappa shape index (κ3) is 7.58. The second kappa shape index (κ2) is 9.69. The van der Waals surface area contributed by atoms with Gasteiger partial charge in [-0.2, -0.15) is 11.8 Å². The van der Waals surface area contributed by atoms with Crippen LogP contribution in [0.3, 0.4) is 0 Å². The molecule has 0 aromatic heterocycles. The minimum atomic E-state index is 0.180. The molecule has 0 saturated carbocycles. The Morgan fingerprint density at radius 2 is 1.24 bits per heavy atom. The third-order valence-electron chi connectivity index (χ3n) is 3.06. The largest absolute Gasteiger partial charge is 0.300 e. The van der Waals surface area contributed by atoms with Crippen LogP contribution in [0.1, 0.15) is 53.4 Å². The minimum absolute atomic E-state index is 0.180. The Morgan fingerprint density at radius 3 is 1.47 bits per heavy atom. The molecule has 0 saturated heterocycles. The zero-order chi connectivity index (χ0) is 13.3. The Labute approximate surface area is 110 Å². The van der Waals surface area contributed by atoms with Crippen molar-refractivity contribution >= 4 is 23.3 Å². The Kier molecular flexibility index (Phi) is 9.52. The van der Waals surface area contributed by atoms with Crippen molar-refractivity contribution in [2.24, 2.45) is 11.8 Å². The molecule has 0 amide bonds. The van der Waals surface area contributed by atoms with E-state index in [4.69, 9.17) is 0 Å². The Balaban J connectivity index is 3.99. The molecule has 3 heteroatoms. The van der Waals surface area contributed by atoms with Gasteiger partial charge in [0.25, 0.3) is 0 Å². The summed E-state index contributed by atoms with van der Waals surface area (Å²) in [6, 6.07) is 0. The lowest BCUT2D eigenvalue weighted by Gasteiger charge is -2.15. The summed E-state index contributed by atoms with van der Waals surface area (Å²) in [5.41, 5.74) is 0. The number of Topliss-reactive ketones (excluding diaryl/α,β-unsaturated/α-hetero) is 2. The molecule has 0 aromatic rings. The summed E-state index contributed by atoms with van der Waals surface area (Å²) in [5.74, 6) is 2.68. The quantitative estimate of drug-likeness (QED) is 0.599. The second-order valence-electron chi connectivity index (χ2n) is 4.73. The number of hydrogen-bond donors (Lipinski definition) is 0. The van der Waals surface area contributed by atoms with Crippen molar-refractivity contribution in [2.75, 3.05) is 11.5 Å². The van der Waals surface area contributed by atoms with Gasteiger partial charge in [0.2, 0.25) is 0 Å². The maximum Gasteiger partial charge on any atom is 0.133 e. The van der Waals surface area contributed by atoms with Crippen molar-refractivity contribution in [2.45, 2.75) is 53.4 Å². The predicted molar refractivity (Wildman–Crippen MR) is 75.5 cm³/mol. The molecule has 0 rings (SSSR count). The molecule has 0 N–H and O–H groups in total. The number of hydrogen-bond acceptors (Lipinski definition) is 3. The molecule has 0 aliphatic heterocycles. The van der Waals surface area contributed by atoms with Crippen LogP contribution in [0.4, 0.5) is 0 Å². The van der Waals surface area contributed by atoms with E-state index < -0.39 is 0 Å². The summed E-state index contributed by atoms with van der Waals surface area (Å²) in [4.78, 5) is 22.8. The smallest absolute Gasteiger partial charge is 0.133 e. The number of carbonyl (C=O) groups is 2. The van der Waals surface area contributed by atoms with Gasteiger partial charge in [0, 0.05) is 23.3 Å². The maximum absolute atomic E-state index is 11.4. The first kappa shape index (κ1) is 16.7. The number of thioether (sulfide) groups is 1. The zero-order valence-corrected chi connectivity index (χ0v) is 12.4. The van der Waals surface area contributed by atoms with E-state index in [1.54, 1.807) is 25.6 Å². The number of rotatable bonds is 10. The lowest BCUT2D eigenvalue weighted by atomic mass is 10.0. The van der Waals surface area contributed by atoms with Gasteiger partial charge in [0.15, 0.2) is 0 Å². The van der Waals surface area contributed by atoms with Crippen molar-refractivity contribution in [1.29, 1.82) is 0 Å². The van der Waals surface area contributed by atoms with Crippen LogP contribution in [0.5, 0.6) is 0 Å². The van der Waals surface area contributed by atoms with Crippen LogP contribution < -0.4 is 0 Å². The summed E-state index contributed by atoms with van der Waals surface area (Å²) >= 11 is 1.76. The molecule has 0 bridgehead atoms. The Hall–Kier alpha value is -0.310. The van der Waals surface area contributed by atoms with Crippen LogP contribution in [0.15, 0.2) is 0 Å². The lowest BCUT2D eigenvalue weighted by Crippen LogP contribution is -2.17. The van der Waals surface area contributed by atoms with E-state index in [1.807, 2.05) is 0 Å². The van der Waals surface area contributed by atoms with E-state index in [-0.39, 0.29) is 23.4 Å². The van der Waals surface area contributed by atoms with Gasteiger partial charge in [-0.05, 0) is 26.7 Å². The average Bonchev–Trinajstić information content (AvgIpc) is 2.26. The topological polar surface area (TPSA) is 34.1 Å². The third-order valence-corrected chi connectivity index (χ3v) is 4.34. The molecular formula is C14H26O2S. The Bertz CT molecular complexity index is 214. The highest BCUT2D eigenvalue weighted by molar-refractivity contribution is 7.99. The normalized spacial score (nSPS) is 14.4. The van der Waals surface area contributed by atoms with Crippen LogP contribution >= 0.6 is 11.8 Å². The van der Waals surface area contributed by atoms with Gasteiger partial charge >= 0.3 is 0 Å². The highest BCUT2D eigenvalue weighted by Gasteiger charge is 2.16. The SMILES string of the molecule is CCCC(CSCC(CCC)C(C)=O)C(C)=O. The molecule has 100 valence electrons. The molecule has 0 aliphatic rings. The van der Waals surface area contributed by atoms with E-state index in [0.717, 1.165) is 37.2 Å². The van der Waals surface area contributed by atoms with Crippen LogP contribution in [-0.2, 0) is 9.59 Å². The molecule has 0 spiro atoms. The highest BCUT2D eigenvalue weighted by Crippen LogP contribution is 2.20. The fraction of sp³-hybridized carbons (Fsp3) is 0.857. The first-order chi connectivity index (χ1) is 8.02. The van der Waals surface area contributed by atoms with Crippen molar-refractivity contribution in [3.05, 3.63) is 0 Å². The van der Waals surface area contributed by atoms with Gasteiger partial charge in [0.1, 0.15) is 11.6 Å². The maximum atomic E-state index is 11.4. The molecule has 0 aromatic carbocycles. The zero-order valence-electron chi connectivity index (χ0n) is 11.6. The van der Waals surface area contributed by atoms with Crippen molar-refractivity contribution in [1.82, 2.24) is 0 Å². The fourth-order valence-electron chi connectivity index (χ4n) is 1.86. The standard InChI is InChI=1S/C14H26O2S/c1-5-7-13(11(3)15)9-17-10-14(8-6-2)12(4)16/h13-14H,5-10H2,1-4H3. The average molecular weight is 258 g/mol. The summed E-state index contributed by atoms with van der Waals surface area (Å²) in [7, 11) is 0. The van der Waals surface area contributed by atoms with Crippen LogP contribution in [0.25, 0.3) is 0 Å². The first-order valence-electron chi connectivity index (χ1n) is 6.61. The molecular weight excluding hydrogens is 232 g/mol. The van der Waals surface area contributed by atoms with Crippen LogP contribution in [-0.4, -0.2) is 23.1 Å². The highest BCUT2D eigenvalue weighted by atomic mass is 32.2. The monoisotopic (exact) mass is 258 g/mol. The number of carbonyl (C=O) groups excluding carboxylic acids is 2. The second-order valence-corrected chi connectivity index (χ2v) is 5.80. The predicted octanol–water partition coefficient (Wildman–Crippen LogP) is 3.73. The first-order valence-corrected chi connectivity index (χ1v) is 7.76. The van der Waals surface area contributed by atoms with Gasteiger partial charge < -0.3 is 0 Å². The van der Waals surface area contributed by atoms with Crippen molar-refractivity contribution in [3.63, 3.8) is 0 Å². The molecule has 0 heterocycles. The summed E-state index contributed by atoms with van der Waals surface area (Å²) in [5, 5.41) is 0. The van der Waals surface area contributed by atoms with E-state index in [1.165, 1.54) is 0 Å². The minimum Gasteiger partial charge on any atom is -0.300 e. The molecule has 2 unspecified atom stereocenters. The molecule has 17 heavy (non-hydrogen) atoms. The summed E-state index contributed by atoms with van der Waals surface area (Å²) in [6.45, 7) is 7.57. The molecule has 2 atom stereocenters.